The number of benzene rings is 1. The largest absolute Gasteiger partial charge is 0.387 e. The number of carbonyl (C=O) groups is 1. The summed E-state index contributed by atoms with van der Waals surface area (Å²) in [7, 11) is 0. The average Bonchev–Trinajstić information content (AvgIpc) is 2.47. The van der Waals surface area contributed by atoms with E-state index in [1.165, 1.54) is 0 Å². The lowest BCUT2D eigenvalue weighted by Gasteiger charge is -2.14. The van der Waals surface area contributed by atoms with Crippen LogP contribution in [0.2, 0.25) is 10.0 Å². The van der Waals surface area contributed by atoms with Crippen LogP contribution in [0.15, 0.2) is 36.5 Å². The van der Waals surface area contributed by atoms with Crippen LogP contribution in [0.4, 0.5) is 0 Å². The van der Waals surface area contributed by atoms with Crippen molar-refractivity contribution in [3.05, 3.63) is 63.4 Å². The zero-order chi connectivity index (χ0) is 16.1. The molecule has 1 aromatic heterocycles. The van der Waals surface area contributed by atoms with Crippen LogP contribution < -0.4 is 5.32 Å². The topological polar surface area (TPSA) is 62.2 Å². The molecule has 2 N–H and O–H groups in total. The van der Waals surface area contributed by atoms with Crippen LogP contribution in [0.25, 0.3) is 0 Å². The van der Waals surface area contributed by atoms with Crippen molar-refractivity contribution in [2.45, 2.75) is 19.4 Å². The van der Waals surface area contributed by atoms with Crippen molar-refractivity contribution in [3.63, 3.8) is 0 Å². The van der Waals surface area contributed by atoms with Gasteiger partial charge in [0, 0.05) is 34.0 Å². The Labute approximate surface area is 139 Å². The van der Waals surface area contributed by atoms with Gasteiger partial charge < -0.3 is 10.4 Å². The van der Waals surface area contributed by atoms with E-state index >= 15 is 0 Å². The fourth-order valence-electron chi connectivity index (χ4n) is 1.94. The first-order chi connectivity index (χ1) is 10.5. The van der Waals surface area contributed by atoms with Gasteiger partial charge in [-0.05, 0) is 30.7 Å². The number of hydrogen-bond donors (Lipinski definition) is 2. The molecule has 22 heavy (non-hydrogen) atoms. The van der Waals surface area contributed by atoms with Crippen LogP contribution >= 0.6 is 23.2 Å². The second kappa shape index (κ2) is 7.58. The number of aromatic nitrogens is 1. The van der Waals surface area contributed by atoms with Crippen molar-refractivity contribution in [3.8, 4) is 0 Å². The Balaban J connectivity index is 1.88. The molecule has 2 rings (SSSR count). The number of hydrogen-bond acceptors (Lipinski definition) is 3. The summed E-state index contributed by atoms with van der Waals surface area (Å²) >= 11 is 11.8. The Morgan fingerprint density at radius 3 is 2.73 bits per heavy atom. The molecule has 0 spiro atoms. The van der Waals surface area contributed by atoms with Crippen LogP contribution in [0.1, 0.15) is 22.9 Å². The summed E-state index contributed by atoms with van der Waals surface area (Å²) in [5.41, 5.74) is 2.25. The predicted molar refractivity (Wildman–Crippen MR) is 87.1 cm³/mol. The van der Waals surface area contributed by atoms with Gasteiger partial charge in [-0.2, -0.15) is 0 Å². The van der Waals surface area contributed by atoms with E-state index in [1.54, 1.807) is 24.4 Å². The van der Waals surface area contributed by atoms with Gasteiger partial charge in [0.2, 0.25) is 5.91 Å². The van der Waals surface area contributed by atoms with Crippen molar-refractivity contribution >= 4 is 29.1 Å². The molecule has 1 aromatic carbocycles. The third kappa shape index (κ3) is 4.70. The fraction of sp³-hybridized carbons (Fsp3) is 0.250. The van der Waals surface area contributed by atoms with Crippen molar-refractivity contribution in [2.75, 3.05) is 6.54 Å². The molecule has 116 valence electrons. The molecule has 0 fully saturated rings. The Morgan fingerprint density at radius 1 is 1.32 bits per heavy atom. The predicted octanol–water partition coefficient (Wildman–Crippen LogP) is 3.09. The highest BCUT2D eigenvalue weighted by molar-refractivity contribution is 6.35. The summed E-state index contributed by atoms with van der Waals surface area (Å²) in [4.78, 5) is 16.0. The van der Waals surface area contributed by atoms with E-state index in [9.17, 15) is 9.90 Å². The molecule has 0 aliphatic rings. The highest BCUT2D eigenvalue weighted by atomic mass is 35.5. The van der Waals surface area contributed by atoms with Crippen LogP contribution in [0.5, 0.6) is 0 Å². The zero-order valence-corrected chi connectivity index (χ0v) is 13.5. The Morgan fingerprint density at radius 2 is 2.09 bits per heavy atom. The van der Waals surface area contributed by atoms with Gasteiger partial charge in [-0.1, -0.05) is 35.3 Å². The Hall–Kier alpha value is -1.62. The monoisotopic (exact) mass is 338 g/mol. The van der Waals surface area contributed by atoms with Gasteiger partial charge in [0.15, 0.2) is 0 Å². The van der Waals surface area contributed by atoms with Crippen LogP contribution in [0.3, 0.4) is 0 Å². The second-order valence-electron chi connectivity index (χ2n) is 4.97. The number of carbonyl (C=O) groups excluding carboxylic acids is 1. The second-order valence-corrected chi connectivity index (χ2v) is 5.81. The van der Waals surface area contributed by atoms with E-state index in [1.807, 2.05) is 19.1 Å². The average molecular weight is 339 g/mol. The van der Waals surface area contributed by atoms with Crippen molar-refractivity contribution in [1.29, 1.82) is 0 Å². The van der Waals surface area contributed by atoms with Gasteiger partial charge in [0.05, 0.1) is 12.5 Å². The summed E-state index contributed by atoms with van der Waals surface area (Å²) in [5, 5.41) is 13.6. The van der Waals surface area contributed by atoms with Crippen molar-refractivity contribution < 1.29 is 9.90 Å². The molecule has 4 nitrogen and oxygen atoms in total. The quantitative estimate of drug-likeness (QED) is 0.880. The van der Waals surface area contributed by atoms with Gasteiger partial charge in [-0.25, -0.2) is 0 Å². The maximum atomic E-state index is 11.9. The first-order valence-electron chi connectivity index (χ1n) is 6.77. The van der Waals surface area contributed by atoms with Gasteiger partial charge in [-0.3, -0.25) is 9.78 Å². The van der Waals surface area contributed by atoms with E-state index in [0.717, 1.165) is 11.3 Å². The summed E-state index contributed by atoms with van der Waals surface area (Å²) in [6, 6.07) is 8.55. The summed E-state index contributed by atoms with van der Waals surface area (Å²) in [6.07, 6.45) is 1.00. The molecule has 1 amide bonds. The number of aliphatic hydroxyl groups is 1. The van der Waals surface area contributed by atoms with E-state index in [-0.39, 0.29) is 18.9 Å². The van der Waals surface area contributed by atoms with E-state index in [2.05, 4.69) is 10.3 Å². The summed E-state index contributed by atoms with van der Waals surface area (Å²) in [5.74, 6) is -0.185. The van der Waals surface area contributed by atoms with E-state index in [4.69, 9.17) is 23.2 Å². The fourth-order valence-corrected chi connectivity index (χ4v) is 2.48. The molecule has 1 unspecified atom stereocenters. The van der Waals surface area contributed by atoms with Crippen molar-refractivity contribution in [2.24, 2.45) is 0 Å². The third-order valence-corrected chi connectivity index (χ3v) is 3.71. The first kappa shape index (κ1) is 16.7. The molecule has 0 aliphatic carbocycles. The SMILES string of the molecule is Cc1ccc(CC(=O)NCC(O)c2ccc(Cl)cc2Cl)cn1. The number of pyridine rings is 1. The summed E-state index contributed by atoms with van der Waals surface area (Å²) < 4.78 is 0. The van der Waals surface area contributed by atoms with Gasteiger partial charge in [-0.15, -0.1) is 0 Å². The minimum Gasteiger partial charge on any atom is -0.387 e. The molecule has 6 heteroatoms. The van der Waals surface area contributed by atoms with Crippen LogP contribution in [-0.2, 0) is 11.2 Å². The van der Waals surface area contributed by atoms with Gasteiger partial charge in [0.25, 0.3) is 0 Å². The van der Waals surface area contributed by atoms with E-state index in [0.29, 0.717) is 15.6 Å². The molecule has 0 bridgehead atoms. The number of nitrogens with one attached hydrogen (secondary N) is 1. The van der Waals surface area contributed by atoms with Gasteiger partial charge in [0.1, 0.15) is 0 Å². The minimum absolute atomic E-state index is 0.0828. The Bertz CT molecular complexity index is 660. The van der Waals surface area contributed by atoms with Gasteiger partial charge >= 0.3 is 0 Å². The number of amides is 1. The lowest BCUT2D eigenvalue weighted by Crippen LogP contribution is -2.29. The molecule has 0 saturated carbocycles. The van der Waals surface area contributed by atoms with Crippen LogP contribution in [-0.4, -0.2) is 22.5 Å². The number of nitrogens with zero attached hydrogens (tertiary/aromatic N) is 1. The van der Waals surface area contributed by atoms with E-state index < -0.39 is 6.10 Å². The lowest BCUT2D eigenvalue weighted by atomic mass is 10.1. The summed E-state index contributed by atoms with van der Waals surface area (Å²) in [6.45, 7) is 1.97. The molecule has 0 aliphatic heterocycles. The molecule has 0 radical (unpaired) electrons. The number of rotatable bonds is 5. The minimum atomic E-state index is -0.884. The molecule has 1 heterocycles. The highest BCUT2D eigenvalue weighted by Gasteiger charge is 2.13. The molecular weight excluding hydrogens is 323 g/mol. The maximum Gasteiger partial charge on any atom is 0.224 e. The highest BCUT2D eigenvalue weighted by Crippen LogP contribution is 2.25. The Kier molecular flexibility index (Phi) is 5.77. The first-order valence-corrected chi connectivity index (χ1v) is 7.52. The molecule has 2 aromatic rings. The number of halogens is 2. The van der Waals surface area contributed by atoms with Crippen molar-refractivity contribution in [1.82, 2.24) is 10.3 Å². The zero-order valence-electron chi connectivity index (χ0n) is 12.0. The molecule has 1 atom stereocenters. The molecule has 0 saturated heterocycles. The van der Waals surface area contributed by atoms with Crippen LogP contribution in [0, 0.1) is 6.92 Å². The lowest BCUT2D eigenvalue weighted by molar-refractivity contribution is -0.120. The number of aliphatic hydroxyl groups excluding tert-OH is 1. The standard InChI is InChI=1S/C16H16Cl2N2O2/c1-10-2-3-11(8-19-10)6-16(22)20-9-15(21)13-5-4-12(17)7-14(13)18/h2-5,7-8,15,21H,6,9H2,1H3,(H,20,22). The molecular formula is C16H16Cl2N2O2. The normalized spacial score (nSPS) is 12.0. The maximum absolute atomic E-state index is 11.9. The number of aryl methyl sites for hydroxylation is 1. The third-order valence-electron chi connectivity index (χ3n) is 3.15. The smallest absolute Gasteiger partial charge is 0.224 e.